The van der Waals surface area contributed by atoms with Crippen LogP contribution >= 0.6 is 11.6 Å². The lowest BCUT2D eigenvalue weighted by molar-refractivity contribution is 0.0936. The second kappa shape index (κ2) is 11.9. The van der Waals surface area contributed by atoms with Crippen molar-refractivity contribution < 1.29 is 9.90 Å². The Hall–Kier alpha value is -2.90. The SMILES string of the molecule is Cc1cc2c(CC3CCCC[C@H](C)NCC3)c(C(=O)N[C@@H](C)c3ccc(Cl)c(O)c3)c(=O)n(C)c2c(C2CC2)n1. The van der Waals surface area contributed by atoms with E-state index in [0.29, 0.717) is 29.9 Å². The van der Waals surface area contributed by atoms with Gasteiger partial charge in [0.05, 0.1) is 22.3 Å². The molecule has 1 unspecified atom stereocenters. The number of carbonyl (C=O) groups excluding carboxylic acids is 1. The van der Waals surface area contributed by atoms with Crippen molar-refractivity contribution in [3.63, 3.8) is 0 Å². The molecular weight excluding hydrogens is 524 g/mol. The lowest BCUT2D eigenvalue weighted by Crippen LogP contribution is -2.36. The van der Waals surface area contributed by atoms with Crippen molar-refractivity contribution in [3.8, 4) is 5.75 Å². The molecule has 1 aliphatic carbocycles. The molecule has 214 valence electrons. The molecule has 0 bridgehead atoms. The van der Waals surface area contributed by atoms with Crippen LogP contribution in [0.5, 0.6) is 5.75 Å². The maximum Gasteiger partial charge on any atom is 0.263 e. The van der Waals surface area contributed by atoms with E-state index in [1.165, 1.54) is 12.8 Å². The number of nitrogens with one attached hydrogen (secondary N) is 2. The van der Waals surface area contributed by atoms with Crippen LogP contribution in [0.4, 0.5) is 0 Å². The number of phenols is 1. The first-order valence-corrected chi connectivity index (χ1v) is 15.1. The van der Waals surface area contributed by atoms with Crippen LogP contribution in [0.1, 0.15) is 104 Å². The number of benzene rings is 1. The van der Waals surface area contributed by atoms with E-state index in [2.05, 4.69) is 23.6 Å². The highest BCUT2D eigenvalue weighted by molar-refractivity contribution is 6.32. The highest BCUT2D eigenvalue weighted by Gasteiger charge is 2.32. The van der Waals surface area contributed by atoms with Crippen molar-refractivity contribution in [2.45, 2.75) is 90.1 Å². The minimum absolute atomic E-state index is 0.0405. The molecular formula is C32H41ClN4O3. The molecule has 1 saturated carbocycles. The number of hydrogen-bond donors (Lipinski definition) is 3. The molecule has 5 rings (SSSR count). The van der Waals surface area contributed by atoms with Gasteiger partial charge >= 0.3 is 0 Å². The zero-order valence-electron chi connectivity index (χ0n) is 24.0. The summed E-state index contributed by atoms with van der Waals surface area (Å²) in [6.07, 6.45) is 8.40. The molecule has 3 heterocycles. The Bertz CT molecular complexity index is 1480. The molecule has 0 spiro atoms. The lowest BCUT2D eigenvalue weighted by atomic mass is 9.87. The largest absolute Gasteiger partial charge is 0.506 e. The summed E-state index contributed by atoms with van der Waals surface area (Å²) >= 11 is 6.00. The lowest BCUT2D eigenvalue weighted by Gasteiger charge is -2.23. The first-order chi connectivity index (χ1) is 19.1. The number of aryl methyl sites for hydroxylation is 2. The summed E-state index contributed by atoms with van der Waals surface area (Å²) in [5, 5.41) is 18.0. The highest BCUT2D eigenvalue weighted by atomic mass is 35.5. The van der Waals surface area contributed by atoms with Gasteiger partial charge in [-0.1, -0.05) is 36.9 Å². The number of nitrogens with zero attached hydrogens (tertiary/aromatic N) is 2. The van der Waals surface area contributed by atoms with Crippen molar-refractivity contribution in [1.82, 2.24) is 20.2 Å². The molecule has 0 radical (unpaired) electrons. The van der Waals surface area contributed by atoms with Gasteiger partial charge < -0.3 is 20.3 Å². The summed E-state index contributed by atoms with van der Waals surface area (Å²) in [5.41, 5.74) is 4.25. The second-order valence-electron chi connectivity index (χ2n) is 11.9. The Kier molecular flexibility index (Phi) is 8.52. The number of carbonyl (C=O) groups is 1. The first kappa shape index (κ1) is 28.6. The fourth-order valence-electron chi connectivity index (χ4n) is 6.20. The molecule has 1 aromatic carbocycles. The molecule has 3 N–H and O–H groups in total. The number of rotatable bonds is 6. The van der Waals surface area contributed by atoms with Crippen molar-refractivity contribution in [3.05, 3.63) is 67.7 Å². The number of halogens is 1. The summed E-state index contributed by atoms with van der Waals surface area (Å²) in [5.74, 6) is 0.301. The fourth-order valence-corrected chi connectivity index (χ4v) is 6.32. The van der Waals surface area contributed by atoms with E-state index in [9.17, 15) is 14.7 Å². The van der Waals surface area contributed by atoms with E-state index in [0.717, 1.165) is 66.5 Å². The van der Waals surface area contributed by atoms with Crippen LogP contribution in [0.3, 0.4) is 0 Å². The molecule has 2 aliphatic rings. The van der Waals surface area contributed by atoms with Crippen LogP contribution in [0.2, 0.25) is 5.02 Å². The molecule has 2 aromatic heterocycles. The minimum Gasteiger partial charge on any atom is -0.506 e. The molecule has 7 nitrogen and oxygen atoms in total. The monoisotopic (exact) mass is 564 g/mol. The van der Waals surface area contributed by atoms with E-state index < -0.39 is 11.9 Å². The van der Waals surface area contributed by atoms with Crippen LogP contribution in [-0.4, -0.2) is 33.2 Å². The van der Waals surface area contributed by atoms with Gasteiger partial charge in [-0.05, 0) is 94.7 Å². The fraction of sp³-hybridized carbons (Fsp3) is 0.531. The van der Waals surface area contributed by atoms with Crippen molar-refractivity contribution in [1.29, 1.82) is 0 Å². The molecule has 3 aromatic rings. The first-order valence-electron chi connectivity index (χ1n) is 14.7. The van der Waals surface area contributed by atoms with Gasteiger partial charge in [0.15, 0.2) is 0 Å². The Morgan fingerprint density at radius 3 is 2.67 bits per heavy atom. The summed E-state index contributed by atoms with van der Waals surface area (Å²) in [4.78, 5) is 32.8. The third kappa shape index (κ3) is 6.06. The Balaban J connectivity index is 1.59. The molecule has 2 fully saturated rings. The standard InChI is InChI=1S/C32H41ClN4O3/c1-18-7-5-6-8-21(13-14-34-18)16-24-25-15-19(2)35-29(22-9-10-22)30(25)37(4)32(40)28(24)31(39)36-20(3)23-11-12-26(33)27(38)17-23/h11-12,15,17-18,20-22,34,38H,5-10,13-14,16H2,1-4H3,(H,36,39)/t18-,20-,21?/m0/s1. The zero-order chi connectivity index (χ0) is 28.6. The average molecular weight is 565 g/mol. The maximum absolute atomic E-state index is 14.0. The predicted molar refractivity (Wildman–Crippen MR) is 160 cm³/mol. The summed E-state index contributed by atoms with van der Waals surface area (Å²) in [7, 11) is 1.76. The van der Waals surface area contributed by atoms with Crippen LogP contribution in [0, 0.1) is 12.8 Å². The van der Waals surface area contributed by atoms with E-state index in [1.54, 1.807) is 29.8 Å². The second-order valence-corrected chi connectivity index (χ2v) is 12.3. The van der Waals surface area contributed by atoms with Gasteiger partial charge in [-0.25, -0.2) is 0 Å². The Morgan fingerprint density at radius 1 is 1.20 bits per heavy atom. The molecule has 1 saturated heterocycles. The number of hydrogen-bond acceptors (Lipinski definition) is 5. The number of aromatic nitrogens is 2. The molecule has 40 heavy (non-hydrogen) atoms. The van der Waals surface area contributed by atoms with Crippen LogP contribution < -0.4 is 16.2 Å². The third-order valence-electron chi connectivity index (χ3n) is 8.68. The zero-order valence-corrected chi connectivity index (χ0v) is 24.8. The number of pyridine rings is 2. The van der Waals surface area contributed by atoms with Gasteiger partial charge in [0.2, 0.25) is 0 Å². The molecule has 3 atom stereocenters. The Morgan fingerprint density at radius 2 is 1.95 bits per heavy atom. The quantitative estimate of drug-likeness (QED) is 0.338. The van der Waals surface area contributed by atoms with E-state index in [4.69, 9.17) is 16.6 Å². The van der Waals surface area contributed by atoms with Gasteiger partial charge in [0.25, 0.3) is 11.5 Å². The maximum atomic E-state index is 14.0. The highest BCUT2D eigenvalue weighted by Crippen LogP contribution is 2.43. The van der Waals surface area contributed by atoms with Crippen molar-refractivity contribution >= 4 is 28.4 Å². The van der Waals surface area contributed by atoms with Gasteiger partial charge in [0.1, 0.15) is 11.3 Å². The van der Waals surface area contributed by atoms with Crippen LogP contribution in [0.15, 0.2) is 29.1 Å². The van der Waals surface area contributed by atoms with Crippen molar-refractivity contribution in [2.75, 3.05) is 6.54 Å². The van der Waals surface area contributed by atoms with E-state index in [-0.39, 0.29) is 21.9 Å². The number of amides is 1. The Labute approximate surface area is 241 Å². The summed E-state index contributed by atoms with van der Waals surface area (Å²) in [6, 6.07) is 7.07. The molecule has 8 heteroatoms. The van der Waals surface area contributed by atoms with Gasteiger partial charge in [0, 0.05) is 30.1 Å². The van der Waals surface area contributed by atoms with Crippen LogP contribution in [-0.2, 0) is 13.5 Å². The molecule has 1 aliphatic heterocycles. The van der Waals surface area contributed by atoms with Gasteiger partial charge in [-0.3, -0.25) is 14.6 Å². The number of phenolic OH excluding ortho intramolecular Hbond substituents is 1. The van der Waals surface area contributed by atoms with Crippen molar-refractivity contribution in [2.24, 2.45) is 13.0 Å². The summed E-state index contributed by atoms with van der Waals surface area (Å²) < 4.78 is 1.64. The van der Waals surface area contributed by atoms with Gasteiger partial charge in [-0.15, -0.1) is 0 Å². The number of fused-ring (bicyclic) bond motifs is 1. The normalized spacial score (nSPS) is 20.9. The topological polar surface area (TPSA) is 96.3 Å². The minimum atomic E-state index is -0.430. The third-order valence-corrected chi connectivity index (χ3v) is 8.99. The van der Waals surface area contributed by atoms with E-state index in [1.807, 2.05) is 13.8 Å². The summed E-state index contributed by atoms with van der Waals surface area (Å²) in [6.45, 7) is 7.02. The van der Waals surface area contributed by atoms with Crippen LogP contribution in [0.25, 0.3) is 10.9 Å². The smallest absolute Gasteiger partial charge is 0.263 e. The molecule has 1 amide bonds. The van der Waals surface area contributed by atoms with Gasteiger partial charge in [-0.2, -0.15) is 0 Å². The number of aromatic hydroxyl groups is 1. The average Bonchev–Trinajstić information content (AvgIpc) is 3.74. The van der Waals surface area contributed by atoms with E-state index >= 15 is 0 Å². The predicted octanol–water partition coefficient (Wildman–Crippen LogP) is 6.07.